The molecule has 1 aromatic heterocycles. The maximum absolute atomic E-state index is 4.73. The smallest absolute Gasteiger partial charge is 0.102 e. The first kappa shape index (κ1) is 13.6. The fourth-order valence-electron chi connectivity index (χ4n) is 2.54. The van der Waals surface area contributed by atoms with Crippen LogP contribution in [-0.2, 0) is 6.42 Å². The molecule has 0 unspecified atom stereocenters. The molecule has 19 heavy (non-hydrogen) atoms. The Balaban J connectivity index is 2.32. The van der Waals surface area contributed by atoms with Crippen LogP contribution in [0.5, 0.6) is 0 Å². The van der Waals surface area contributed by atoms with Crippen molar-refractivity contribution in [2.45, 2.75) is 26.2 Å². The predicted molar refractivity (Wildman–Crippen MR) is 96.8 cm³/mol. The Morgan fingerprint density at radius 1 is 1.16 bits per heavy atom. The highest BCUT2D eigenvalue weighted by molar-refractivity contribution is 14.1. The number of fused-ring (bicyclic) bond motifs is 3. The molecular weight excluding hydrogens is 462 g/mol. The second-order valence-corrected chi connectivity index (χ2v) is 6.97. The number of pyridine rings is 2. The van der Waals surface area contributed by atoms with E-state index in [4.69, 9.17) is 4.98 Å². The van der Waals surface area contributed by atoms with Crippen molar-refractivity contribution >= 4 is 56.1 Å². The second-order valence-electron chi connectivity index (χ2n) is 4.71. The first-order valence-corrected chi connectivity index (χ1v) is 8.61. The molecule has 1 aromatic rings. The van der Waals surface area contributed by atoms with Gasteiger partial charge in [-0.3, -0.25) is 0 Å². The monoisotopic (exact) mass is 476 g/mol. The van der Waals surface area contributed by atoms with Crippen LogP contribution in [0.1, 0.15) is 25.3 Å². The van der Waals surface area contributed by atoms with Gasteiger partial charge >= 0.3 is 0 Å². The second kappa shape index (κ2) is 5.55. The van der Waals surface area contributed by atoms with Crippen molar-refractivity contribution in [1.82, 2.24) is 9.97 Å². The van der Waals surface area contributed by atoms with Crippen LogP contribution in [0.25, 0.3) is 22.2 Å². The number of halogens is 2. The Hall–Kier alpha value is -0.370. The van der Waals surface area contributed by atoms with Crippen LogP contribution in [-0.4, -0.2) is 9.97 Å². The van der Waals surface area contributed by atoms with E-state index in [1.54, 1.807) is 0 Å². The number of nitrogens with one attached hydrogen (secondary N) is 1. The van der Waals surface area contributed by atoms with Gasteiger partial charge in [-0.15, -0.1) is 0 Å². The molecule has 0 amide bonds. The SMILES string of the molecule is CCCCc1c2ccc(I)[nH]c-2c2nc(I)ccc12. The molecule has 0 saturated carbocycles. The van der Waals surface area contributed by atoms with E-state index in [1.807, 2.05) is 0 Å². The molecule has 2 heterocycles. The minimum absolute atomic E-state index is 1.05. The van der Waals surface area contributed by atoms with Crippen LogP contribution in [0, 0.1) is 7.40 Å². The van der Waals surface area contributed by atoms with E-state index in [1.165, 1.54) is 35.0 Å². The summed E-state index contributed by atoms with van der Waals surface area (Å²) in [4.78, 5) is 8.20. The molecule has 0 fully saturated rings. The third-order valence-corrected chi connectivity index (χ3v) is 4.67. The number of rotatable bonds is 3. The van der Waals surface area contributed by atoms with Crippen LogP contribution < -0.4 is 0 Å². The minimum Gasteiger partial charge on any atom is -0.348 e. The molecule has 0 saturated heterocycles. The molecule has 2 nitrogen and oxygen atoms in total. The zero-order valence-corrected chi connectivity index (χ0v) is 14.9. The first-order valence-electron chi connectivity index (χ1n) is 6.46. The third-order valence-electron chi connectivity index (χ3n) is 3.44. The number of nitrogens with zero attached hydrogens (tertiary/aromatic N) is 1. The Bertz CT molecular complexity index is 703. The van der Waals surface area contributed by atoms with E-state index in [9.17, 15) is 0 Å². The van der Waals surface area contributed by atoms with Crippen LogP contribution in [0.15, 0.2) is 24.3 Å². The normalized spacial score (nSPS) is 11.5. The van der Waals surface area contributed by atoms with Gasteiger partial charge in [0.25, 0.3) is 0 Å². The summed E-state index contributed by atoms with van der Waals surface area (Å²) >= 11 is 4.60. The predicted octanol–water partition coefficient (Wildman–Crippen LogP) is 5.22. The standard InChI is InChI=1S/C15H14I2N2/c1-2-3-4-9-10-5-7-12(16)18-14(10)15-11(9)6-8-13(17)19-15/h5-8,18H,2-4H2,1H3. The Labute approximate surface area is 140 Å². The van der Waals surface area contributed by atoms with Gasteiger partial charge in [0, 0.05) is 10.9 Å². The average molecular weight is 476 g/mol. The van der Waals surface area contributed by atoms with Crippen LogP contribution in [0.4, 0.5) is 0 Å². The van der Waals surface area contributed by atoms with Crippen molar-refractivity contribution in [3.05, 3.63) is 37.2 Å². The highest BCUT2D eigenvalue weighted by Gasteiger charge is 2.19. The Morgan fingerprint density at radius 2 is 2.00 bits per heavy atom. The summed E-state index contributed by atoms with van der Waals surface area (Å²) in [6.07, 6.45) is 3.58. The molecule has 0 bridgehead atoms. The quantitative estimate of drug-likeness (QED) is 0.408. The van der Waals surface area contributed by atoms with E-state index in [-0.39, 0.29) is 0 Å². The minimum atomic E-state index is 1.05. The summed E-state index contributed by atoms with van der Waals surface area (Å²) in [5, 5.41) is 1.31. The van der Waals surface area contributed by atoms with Gasteiger partial charge in [-0.05, 0) is 87.9 Å². The molecule has 0 spiro atoms. The van der Waals surface area contributed by atoms with Crippen molar-refractivity contribution in [1.29, 1.82) is 0 Å². The zero-order valence-electron chi connectivity index (χ0n) is 10.6. The lowest BCUT2D eigenvalue weighted by Gasteiger charge is -2.04. The summed E-state index contributed by atoms with van der Waals surface area (Å²) in [7, 11) is 0. The van der Waals surface area contributed by atoms with Crippen LogP contribution >= 0.6 is 45.2 Å². The largest absolute Gasteiger partial charge is 0.348 e. The number of unbranched alkanes of at least 4 members (excludes halogenated alkanes) is 1. The fourth-order valence-corrected chi connectivity index (χ4v) is 3.41. The van der Waals surface area contributed by atoms with E-state index < -0.39 is 0 Å². The molecule has 0 radical (unpaired) electrons. The molecule has 0 atom stereocenters. The first-order chi connectivity index (χ1) is 9.20. The van der Waals surface area contributed by atoms with Gasteiger partial charge in [-0.2, -0.15) is 0 Å². The topological polar surface area (TPSA) is 28.7 Å². The summed E-state index contributed by atoms with van der Waals surface area (Å²) in [5.74, 6) is 0. The van der Waals surface area contributed by atoms with Crippen molar-refractivity contribution in [2.75, 3.05) is 0 Å². The maximum atomic E-state index is 4.73. The average Bonchev–Trinajstić information content (AvgIpc) is 2.69. The van der Waals surface area contributed by atoms with Crippen molar-refractivity contribution in [3.8, 4) is 11.3 Å². The van der Waals surface area contributed by atoms with Gasteiger partial charge in [0.1, 0.15) is 3.70 Å². The van der Waals surface area contributed by atoms with E-state index in [0.29, 0.717) is 0 Å². The summed E-state index contributed by atoms with van der Waals surface area (Å²) in [6.45, 7) is 2.24. The van der Waals surface area contributed by atoms with Gasteiger partial charge in [0.15, 0.2) is 0 Å². The summed E-state index contributed by atoms with van der Waals surface area (Å²) < 4.78 is 2.20. The molecular formula is C15H14I2N2. The molecule has 0 aromatic carbocycles. The van der Waals surface area contributed by atoms with Gasteiger partial charge in [-0.25, -0.2) is 4.98 Å². The molecule has 4 heteroatoms. The number of H-pyrrole nitrogens is 1. The van der Waals surface area contributed by atoms with E-state index >= 15 is 0 Å². The number of aromatic nitrogens is 2. The number of hydrogen-bond acceptors (Lipinski definition) is 1. The van der Waals surface area contributed by atoms with Crippen LogP contribution in [0.2, 0.25) is 0 Å². The maximum Gasteiger partial charge on any atom is 0.102 e. The van der Waals surface area contributed by atoms with Crippen molar-refractivity contribution in [2.24, 2.45) is 0 Å². The Morgan fingerprint density at radius 3 is 2.79 bits per heavy atom. The highest BCUT2D eigenvalue weighted by Crippen LogP contribution is 2.38. The van der Waals surface area contributed by atoms with Gasteiger partial charge < -0.3 is 4.98 Å². The van der Waals surface area contributed by atoms with Gasteiger partial charge in [-0.1, -0.05) is 13.3 Å². The van der Waals surface area contributed by atoms with Crippen molar-refractivity contribution < 1.29 is 0 Å². The van der Waals surface area contributed by atoms with Crippen molar-refractivity contribution in [3.63, 3.8) is 0 Å². The lowest BCUT2D eigenvalue weighted by atomic mass is 10.0. The molecule has 1 N–H and O–H groups in total. The molecule has 98 valence electrons. The van der Waals surface area contributed by atoms with Crippen LogP contribution in [0.3, 0.4) is 0 Å². The lowest BCUT2D eigenvalue weighted by Crippen LogP contribution is -1.89. The number of hydrogen-bond donors (Lipinski definition) is 1. The zero-order chi connectivity index (χ0) is 13.4. The number of aryl methyl sites for hydroxylation is 1. The van der Waals surface area contributed by atoms with Gasteiger partial charge in [0.2, 0.25) is 0 Å². The molecule has 1 aliphatic carbocycles. The lowest BCUT2D eigenvalue weighted by molar-refractivity contribution is 0.800. The third kappa shape index (κ3) is 2.49. The van der Waals surface area contributed by atoms with E-state index in [0.717, 1.165) is 19.3 Å². The summed E-state index contributed by atoms with van der Waals surface area (Å²) in [6, 6.07) is 8.69. The fraction of sp³-hybridized carbons (Fsp3) is 0.267. The van der Waals surface area contributed by atoms with Gasteiger partial charge in [0.05, 0.1) is 14.9 Å². The molecule has 1 aliphatic heterocycles. The summed E-state index contributed by atoms with van der Waals surface area (Å²) in [5.41, 5.74) is 5.08. The Kier molecular flexibility index (Phi) is 3.98. The molecule has 2 aliphatic rings. The molecule has 3 rings (SSSR count). The van der Waals surface area contributed by atoms with E-state index in [2.05, 4.69) is 81.4 Å². The highest BCUT2D eigenvalue weighted by atomic mass is 127. The number of aromatic amines is 1.